The van der Waals surface area contributed by atoms with Crippen LogP contribution in [0.2, 0.25) is 0 Å². The van der Waals surface area contributed by atoms with Crippen molar-refractivity contribution in [3.05, 3.63) is 103 Å². The van der Waals surface area contributed by atoms with E-state index < -0.39 is 12.0 Å². The van der Waals surface area contributed by atoms with Crippen molar-refractivity contribution in [2.45, 2.75) is 32.9 Å². The fraction of sp³-hybridized carbons (Fsp3) is 0.222. The van der Waals surface area contributed by atoms with E-state index in [0.29, 0.717) is 31.9 Å². The number of nitrogens with zero attached hydrogens (tertiary/aromatic N) is 2. The highest BCUT2D eigenvalue weighted by molar-refractivity contribution is 7.07. The molecule has 1 aromatic heterocycles. The third kappa shape index (κ3) is 4.65. The SMILES string of the molecule is COC(=O)C1=C(C)N=c2sc(=CC=Cc3ccccc3)c(=O)n2C1c1ccccc1OC(C)C. The van der Waals surface area contributed by atoms with Gasteiger partial charge in [0.15, 0.2) is 4.80 Å². The second kappa shape index (κ2) is 10.1. The third-order valence-electron chi connectivity index (χ3n) is 5.34. The zero-order valence-corrected chi connectivity index (χ0v) is 20.3. The summed E-state index contributed by atoms with van der Waals surface area (Å²) in [6, 6.07) is 16.6. The molecule has 1 atom stereocenters. The van der Waals surface area contributed by atoms with Crippen molar-refractivity contribution in [2.75, 3.05) is 7.11 Å². The van der Waals surface area contributed by atoms with Crippen LogP contribution in [0.3, 0.4) is 0 Å². The van der Waals surface area contributed by atoms with Crippen molar-refractivity contribution in [2.24, 2.45) is 4.99 Å². The Morgan fingerprint density at radius 1 is 1.12 bits per heavy atom. The van der Waals surface area contributed by atoms with Crippen LogP contribution in [0.1, 0.15) is 37.9 Å². The standard InChI is InChI=1S/C27H26N2O4S/c1-17(2)33-21-15-9-8-14-20(21)24-23(26(31)32-4)18(3)28-27-29(24)25(30)22(34-27)16-10-13-19-11-6-5-7-12-19/h5-17,24H,1-4H3. The number of esters is 1. The van der Waals surface area contributed by atoms with Gasteiger partial charge in [-0.25, -0.2) is 9.79 Å². The summed E-state index contributed by atoms with van der Waals surface area (Å²) in [5.74, 6) is 0.0843. The molecule has 2 aromatic carbocycles. The lowest BCUT2D eigenvalue weighted by molar-refractivity contribution is -0.136. The van der Waals surface area contributed by atoms with Crippen LogP contribution in [-0.4, -0.2) is 23.8 Å². The highest BCUT2D eigenvalue weighted by Gasteiger charge is 2.34. The Balaban J connectivity index is 1.90. The van der Waals surface area contributed by atoms with Crippen molar-refractivity contribution in [3.8, 4) is 5.75 Å². The van der Waals surface area contributed by atoms with Gasteiger partial charge in [-0.15, -0.1) is 0 Å². The van der Waals surface area contributed by atoms with Gasteiger partial charge in [0.25, 0.3) is 5.56 Å². The van der Waals surface area contributed by atoms with E-state index in [-0.39, 0.29) is 11.7 Å². The van der Waals surface area contributed by atoms with E-state index in [1.165, 1.54) is 18.4 Å². The number of hydrogen-bond acceptors (Lipinski definition) is 6. The quantitative estimate of drug-likeness (QED) is 0.509. The molecule has 0 bridgehead atoms. The van der Waals surface area contributed by atoms with Crippen LogP contribution in [-0.2, 0) is 9.53 Å². The first-order valence-corrected chi connectivity index (χ1v) is 11.8. The van der Waals surface area contributed by atoms with E-state index >= 15 is 0 Å². The Labute approximate surface area is 201 Å². The normalized spacial score (nSPS) is 16.0. The van der Waals surface area contributed by atoms with Crippen LogP contribution in [0.4, 0.5) is 0 Å². The van der Waals surface area contributed by atoms with Gasteiger partial charge in [0.05, 0.1) is 29.0 Å². The van der Waals surface area contributed by atoms with E-state index in [9.17, 15) is 9.59 Å². The van der Waals surface area contributed by atoms with E-state index in [1.807, 2.05) is 80.6 Å². The van der Waals surface area contributed by atoms with Gasteiger partial charge in [0.2, 0.25) is 0 Å². The van der Waals surface area contributed by atoms with Crippen LogP contribution < -0.4 is 19.6 Å². The number of benzene rings is 2. The Kier molecular flexibility index (Phi) is 6.93. The van der Waals surface area contributed by atoms with Gasteiger partial charge in [-0.2, -0.15) is 0 Å². The van der Waals surface area contributed by atoms with E-state index in [4.69, 9.17) is 9.47 Å². The van der Waals surface area contributed by atoms with Gasteiger partial charge in [-0.3, -0.25) is 9.36 Å². The van der Waals surface area contributed by atoms with Gasteiger partial charge >= 0.3 is 5.97 Å². The number of fused-ring (bicyclic) bond motifs is 1. The smallest absolute Gasteiger partial charge is 0.338 e. The molecular weight excluding hydrogens is 448 g/mol. The first-order chi connectivity index (χ1) is 16.4. The minimum atomic E-state index is -0.709. The predicted octanol–water partition coefficient (Wildman–Crippen LogP) is 3.86. The summed E-state index contributed by atoms with van der Waals surface area (Å²) in [5, 5.41) is 0. The number of carbonyl (C=O) groups excluding carboxylic acids is 1. The highest BCUT2D eigenvalue weighted by atomic mass is 32.1. The molecule has 1 aliphatic heterocycles. The average Bonchev–Trinajstić information content (AvgIpc) is 3.13. The molecule has 2 heterocycles. The minimum Gasteiger partial charge on any atom is -0.491 e. The molecule has 0 aliphatic carbocycles. The van der Waals surface area contributed by atoms with Gasteiger partial charge in [-0.1, -0.05) is 72.0 Å². The number of allylic oxidation sites excluding steroid dienone is 2. The number of carbonyl (C=O) groups is 1. The number of para-hydroxylation sites is 1. The number of rotatable bonds is 6. The molecule has 1 unspecified atom stereocenters. The molecule has 0 fully saturated rings. The zero-order valence-electron chi connectivity index (χ0n) is 19.5. The number of ether oxygens (including phenoxy) is 2. The first-order valence-electron chi connectivity index (χ1n) is 11.0. The lowest BCUT2D eigenvalue weighted by Gasteiger charge is -2.26. The summed E-state index contributed by atoms with van der Waals surface area (Å²) in [6.45, 7) is 5.63. The lowest BCUT2D eigenvalue weighted by atomic mass is 9.95. The summed E-state index contributed by atoms with van der Waals surface area (Å²) in [4.78, 5) is 31.5. The molecular formula is C27H26N2O4S. The number of thiazole rings is 1. The van der Waals surface area contributed by atoms with Crippen LogP contribution in [0.25, 0.3) is 12.2 Å². The molecule has 4 rings (SSSR count). The fourth-order valence-corrected chi connectivity index (χ4v) is 4.88. The van der Waals surface area contributed by atoms with E-state index in [1.54, 1.807) is 17.6 Å². The summed E-state index contributed by atoms with van der Waals surface area (Å²) < 4.78 is 13.2. The monoisotopic (exact) mass is 474 g/mol. The molecule has 3 aromatic rings. The van der Waals surface area contributed by atoms with Crippen LogP contribution in [0.15, 0.2) is 81.7 Å². The Morgan fingerprint density at radius 2 is 1.82 bits per heavy atom. The van der Waals surface area contributed by atoms with Crippen LogP contribution >= 0.6 is 11.3 Å². The highest BCUT2D eigenvalue weighted by Crippen LogP contribution is 2.36. The minimum absolute atomic E-state index is 0.0771. The van der Waals surface area contributed by atoms with E-state index in [2.05, 4.69) is 4.99 Å². The Bertz CT molecular complexity index is 1450. The summed E-state index contributed by atoms with van der Waals surface area (Å²) >= 11 is 1.29. The van der Waals surface area contributed by atoms with Crippen molar-refractivity contribution < 1.29 is 14.3 Å². The van der Waals surface area contributed by atoms with Gasteiger partial charge < -0.3 is 9.47 Å². The van der Waals surface area contributed by atoms with Crippen molar-refractivity contribution in [3.63, 3.8) is 0 Å². The maximum absolute atomic E-state index is 13.6. The first kappa shape index (κ1) is 23.4. The summed E-state index contributed by atoms with van der Waals surface area (Å²) in [6.07, 6.45) is 5.49. The summed E-state index contributed by atoms with van der Waals surface area (Å²) in [5.41, 5.74) is 2.36. The molecule has 0 radical (unpaired) electrons. The molecule has 0 N–H and O–H groups in total. The predicted molar refractivity (Wildman–Crippen MR) is 134 cm³/mol. The van der Waals surface area contributed by atoms with Crippen molar-refractivity contribution in [1.29, 1.82) is 0 Å². The topological polar surface area (TPSA) is 69.9 Å². The van der Waals surface area contributed by atoms with E-state index in [0.717, 1.165) is 5.56 Å². The molecule has 0 spiro atoms. The molecule has 34 heavy (non-hydrogen) atoms. The Morgan fingerprint density at radius 3 is 2.53 bits per heavy atom. The van der Waals surface area contributed by atoms with Gasteiger partial charge in [-0.05, 0) is 38.5 Å². The zero-order chi connectivity index (χ0) is 24.2. The largest absolute Gasteiger partial charge is 0.491 e. The second-order valence-electron chi connectivity index (χ2n) is 8.07. The lowest BCUT2D eigenvalue weighted by Crippen LogP contribution is -2.40. The van der Waals surface area contributed by atoms with Crippen molar-refractivity contribution in [1.82, 2.24) is 4.57 Å². The van der Waals surface area contributed by atoms with Crippen LogP contribution in [0, 0.1) is 0 Å². The second-order valence-corrected chi connectivity index (χ2v) is 9.08. The molecule has 174 valence electrons. The molecule has 0 amide bonds. The summed E-state index contributed by atoms with van der Waals surface area (Å²) in [7, 11) is 1.33. The number of hydrogen-bond donors (Lipinski definition) is 0. The van der Waals surface area contributed by atoms with Crippen molar-refractivity contribution >= 4 is 29.5 Å². The molecule has 1 aliphatic rings. The molecule has 6 nitrogen and oxygen atoms in total. The fourth-order valence-electron chi connectivity index (χ4n) is 3.88. The molecule has 0 saturated heterocycles. The molecule has 0 saturated carbocycles. The number of methoxy groups -OCH3 is 1. The maximum Gasteiger partial charge on any atom is 0.338 e. The third-order valence-corrected chi connectivity index (χ3v) is 6.34. The van der Waals surface area contributed by atoms with Crippen LogP contribution in [0.5, 0.6) is 5.75 Å². The maximum atomic E-state index is 13.6. The average molecular weight is 475 g/mol. The van der Waals surface area contributed by atoms with Gasteiger partial charge in [0, 0.05) is 5.56 Å². The Hall–Kier alpha value is -3.71. The molecule has 7 heteroatoms. The number of aromatic nitrogens is 1. The van der Waals surface area contributed by atoms with Gasteiger partial charge in [0.1, 0.15) is 11.8 Å².